The molecule has 0 aromatic carbocycles. The molecule has 160 valence electrons. The SMILES string of the molecule is CCCCCCCCCCN(CCNC(=O)OC(C)(C)C)CCC(=O)OC. The van der Waals surface area contributed by atoms with Gasteiger partial charge in [-0.05, 0) is 33.7 Å². The van der Waals surface area contributed by atoms with Crippen molar-refractivity contribution in [3.8, 4) is 0 Å². The van der Waals surface area contributed by atoms with Gasteiger partial charge in [-0.3, -0.25) is 4.79 Å². The lowest BCUT2D eigenvalue weighted by Gasteiger charge is -2.23. The van der Waals surface area contributed by atoms with Crippen molar-refractivity contribution < 1.29 is 19.1 Å². The first-order valence-electron chi connectivity index (χ1n) is 10.5. The summed E-state index contributed by atoms with van der Waals surface area (Å²) in [5, 5.41) is 2.78. The van der Waals surface area contributed by atoms with E-state index >= 15 is 0 Å². The van der Waals surface area contributed by atoms with Gasteiger partial charge in [0, 0.05) is 19.6 Å². The van der Waals surface area contributed by atoms with Crippen LogP contribution in [-0.2, 0) is 14.3 Å². The molecule has 0 aliphatic carbocycles. The van der Waals surface area contributed by atoms with Gasteiger partial charge in [0.25, 0.3) is 0 Å². The Morgan fingerprint density at radius 3 is 2.04 bits per heavy atom. The van der Waals surface area contributed by atoms with Gasteiger partial charge in [-0.1, -0.05) is 51.9 Å². The van der Waals surface area contributed by atoms with Gasteiger partial charge in [-0.15, -0.1) is 0 Å². The molecule has 0 radical (unpaired) electrons. The van der Waals surface area contributed by atoms with Gasteiger partial charge in [0.1, 0.15) is 5.60 Å². The fourth-order valence-electron chi connectivity index (χ4n) is 2.79. The molecule has 6 nitrogen and oxygen atoms in total. The minimum atomic E-state index is -0.494. The minimum absolute atomic E-state index is 0.198. The van der Waals surface area contributed by atoms with E-state index in [0.717, 1.165) is 13.0 Å². The molecular formula is C21H42N2O4. The monoisotopic (exact) mass is 386 g/mol. The van der Waals surface area contributed by atoms with Crippen molar-refractivity contribution in [2.24, 2.45) is 0 Å². The van der Waals surface area contributed by atoms with Crippen LogP contribution >= 0.6 is 0 Å². The smallest absolute Gasteiger partial charge is 0.407 e. The van der Waals surface area contributed by atoms with Crippen molar-refractivity contribution in [2.45, 2.75) is 91.1 Å². The second-order valence-electron chi connectivity index (χ2n) is 8.07. The summed E-state index contributed by atoms with van der Waals surface area (Å²) < 4.78 is 9.98. The summed E-state index contributed by atoms with van der Waals surface area (Å²) in [5.74, 6) is -0.198. The van der Waals surface area contributed by atoms with Crippen LogP contribution in [0.4, 0.5) is 4.79 Å². The summed E-state index contributed by atoms with van der Waals surface area (Å²) in [6, 6.07) is 0. The normalized spacial score (nSPS) is 11.5. The molecule has 0 atom stereocenters. The number of rotatable bonds is 15. The molecule has 0 fully saturated rings. The number of ether oxygens (including phenoxy) is 2. The number of carbonyl (C=O) groups excluding carboxylic acids is 2. The number of methoxy groups -OCH3 is 1. The number of hydrogen-bond donors (Lipinski definition) is 1. The summed E-state index contributed by atoms with van der Waals surface area (Å²) >= 11 is 0. The van der Waals surface area contributed by atoms with E-state index in [2.05, 4.69) is 17.1 Å². The number of unbranched alkanes of at least 4 members (excludes halogenated alkanes) is 7. The average Bonchev–Trinajstić information content (AvgIpc) is 2.59. The van der Waals surface area contributed by atoms with Crippen LogP contribution in [0.2, 0.25) is 0 Å². The first-order chi connectivity index (χ1) is 12.8. The lowest BCUT2D eigenvalue weighted by molar-refractivity contribution is -0.141. The zero-order valence-electron chi connectivity index (χ0n) is 18.3. The van der Waals surface area contributed by atoms with Crippen LogP contribution in [0.1, 0.15) is 85.5 Å². The van der Waals surface area contributed by atoms with E-state index in [1.165, 1.54) is 52.1 Å². The molecule has 27 heavy (non-hydrogen) atoms. The van der Waals surface area contributed by atoms with Gasteiger partial charge >= 0.3 is 12.1 Å². The fourth-order valence-corrected chi connectivity index (χ4v) is 2.79. The molecule has 0 aliphatic rings. The van der Waals surface area contributed by atoms with Crippen LogP contribution in [0.3, 0.4) is 0 Å². The first kappa shape index (κ1) is 25.7. The Bertz CT molecular complexity index is 394. The van der Waals surface area contributed by atoms with Crippen LogP contribution in [0.5, 0.6) is 0 Å². The second kappa shape index (κ2) is 15.7. The molecule has 0 unspecified atom stereocenters. The van der Waals surface area contributed by atoms with Crippen LogP contribution in [0.25, 0.3) is 0 Å². The van der Waals surface area contributed by atoms with Gasteiger partial charge in [0.15, 0.2) is 0 Å². The maximum atomic E-state index is 11.7. The van der Waals surface area contributed by atoms with Crippen molar-refractivity contribution >= 4 is 12.1 Å². The Kier molecular flexibility index (Phi) is 15.0. The highest BCUT2D eigenvalue weighted by molar-refractivity contribution is 5.69. The number of nitrogens with zero attached hydrogens (tertiary/aromatic N) is 1. The van der Waals surface area contributed by atoms with Gasteiger partial charge < -0.3 is 19.7 Å². The molecule has 0 aromatic heterocycles. The number of alkyl carbamates (subject to hydrolysis) is 1. The summed E-state index contributed by atoms with van der Waals surface area (Å²) in [6.07, 6.45) is 10.2. The molecule has 1 N–H and O–H groups in total. The van der Waals surface area contributed by atoms with Gasteiger partial charge in [-0.25, -0.2) is 4.79 Å². The topological polar surface area (TPSA) is 67.9 Å². The highest BCUT2D eigenvalue weighted by atomic mass is 16.6. The van der Waals surface area contributed by atoms with E-state index in [1.54, 1.807) is 0 Å². The maximum absolute atomic E-state index is 11.7. The van der Waals surface area contributed by atoms with Gasteiger partial charge in [0.05, 0.1) is 13.5 Å². The highest BCUT2D eigenvalue weighted by Crippen LogP contribution is 2.09. The summed E-state index contributed by atoms with van der Waals surface area (Å²) in [6.45, 7) is 10.6. The van der Waals surface area contributed by atoms with E-state index in [9.17, 15) is 9.59 Å². The van der Waals surface area contributed by atoms with E-state index in [0.29, 0.717) is 26.1 Å². The molecule has 0 rings (SSSR count). The highest BCUT2D eigenvalue weighted by Gasteiger charge is 2.16. The number of amides is 1. The predicted molar refractivity (Wildman–Crippen MR) is 110 cm³/mol. The van der Waals surface area contributed by atoms with Crippen molar-refractivity contribution in [1.82, 2.24) is 10.2 Å². The van der Waals surface area contributed by atoms with E-state index in [4.69, 9.17) is 9.47 Å². The van der Waals surface area contributed by atoms with Crippen LogP contribution in [-0.4, -0.2) is 55.9 Å². The Morgan fingerprint density at radius 2 is 1.48 bits per heavy atom. The van der Waals surface area contributed by atoms with E-state index < -0.39 is 11.7 Å². The van der Waals surface area contributed by atoms with Gasteiger partial charge in [-0.2, -0.15) is 0 Å². The molecule has 0 saturated heterocycles. The third-order valence-corrected chi connectivity index (χ3v) is 4.28. The zero-order chi connectivity index (χ0) is 20.5. The quantitative estimate of drug-likeness (QED) is 0.331. The van der Waals surface area contributed by atoms with Crippen LogP contribution in [0, 0.1) is 0 Å². The molecular weight excluding hydrogens is 344 g/mol. The minimum Gasteiger partial charge on any atom is -0.469 e. The van der Waals surface area contributed by atoms with Crippen molar-refractivity contribution in [1.29, 1.82) is 0 Å². The number of nitrogens with one attached hydrogen (secondary N) is 1. The molecule has 0 heterocycles. The molecule has 0 aliphatic heterocycles. The standard InChI is InChI=1S/C21H42N2O4/c1-6-7-8-9-10-11-12-13-16-23(17-14-19(24)26-5)18-15-22-20(25)27-21(2,3)4/h6-18H2,1-5H3,(H,22,25). The largest absolute Gasteiger partial charge is 0.469 e. The molecule has 0 aromatic rings. The summed E-state index contributed by atoms with van der Waals surface area (Å²) in [7, 11) is 1.41. The second-order valence-corrected chi connectivity index (χ2v) is 8.07. The Hall–Kier alpha value is -1.30. The first-order valence-corrected chi connectivity index (χ1v) is 10.5. The Balaban J connectivity index is 4.06. The molecule has 0 saturated carbocycles. The van der Waals surface area contributed by atoms with Crippen molar-refractivity contribution in [2.75, 3.05) is 33.3 Å². The lowest BCUT2D eigenvalue weighted by Crippen LogP contribution is -2.39. The Morgan fingerprint density at radius 1 is 0.889 bits per heavy atom. The average molecular weight is 387 g/mol. The number of hydrogen-bond acceptors (Lipinski definition) is 5. The van der Waals surface area contributed by atoms with Gasteiger partial charge in [0.2, 0.25) is 0 Å². The third-order valence-electron chi connectivity index (χ3n) is 4.28. The lowest BCUT2D eigenvalue weighted by atomic mass is 10.1. The fraction of sp³-hybridized carbons (Fsp3) is 0.905. The van der Waals surface area contributed by atoms with E-state index in [-0.39, 0.29) is 5.97 Å². The molecule has 1 amide bonds. The molecule has 6 heteroatoms. The number of esters is 1. The Labute approximate surface area is 166 Å². The van der Waals surface area contributed by atoms with Crippen LogP contribution < -0.4 is 5.32 Å². The third kappa shape index (κ3) is 17.9. The summed E-state index contributed by atoms with van der Waals surface area (Å²) in [4.78, 5) is 25.4. The predicted octanol–water partition coefficient (Wildman–Crippen LogP) is 4.52. The van der Waals surface area contributed by atoms with Crippen molar-refractivity contribution in [3.05, 3.63) is 0 Å². The van der Waals surface area contributed by atoms with E-state index in [1.807, 2.05) is 20.8 Å². The maximum Gasteiger partial charge on any atom is 0.407 e. The van der Waals surface area contributed by atoms with Crippen LogP contribution in [0.15, 0.2) is 0 Å². The molecule has 0 bridgehead atoms. The number of carbonyl (C=O) groups is 2. The molecule has 0 spiro atoms. The van der Waals surface area contributed by atoms with Crippen molar-refractivity contribution in [3.63, 3.8) is 0 Å². The zero-order valence-corrected chi connectivity index (χ0v) is 18.3. The summed E-state index contributed by atoms with van der Waals surface area (Å²) in [5.41, 5.74) is -0.494.